The normalized spacial score (nSPS) is 11.5. The number of nitrogens with two attached hydrogens (primary N) is 1. The van der Waals surface area contributed by atoms with E-state index in [4.69, 9.17) is 15.0 Å². The van der Waals surface area contributed by atoms with E-state index in [1.807, 2.05) is 5.43 Å². The number of hydrazine groups is 1. The number of carbonyl (C=O) groups is 1. The van der Waals surface area contributed by atoms with Gasteiger partial charge in [-0.2, -0.15) is 13.2 Å². The summed E-state index contributed by atoms with van der Waals surface area (Å²) in [6.07, 6.45) is -4.12. The molecule has 5 nitrogen and oxygen atoms in total. The molecule has 0 bridgehead atoms. The summed E-state index contributed by atoms with van der Waals surface area (Å²) in [5.41, 5.74) is 2.08. The summed E-state index contributed by atoms with van der Waals surface area (Å²) < 4.78 is 44.9. The van der Waals surface area contributed by atoms with Gasteiger partial charge in [0.1, 0.15) is 18.6 Å². The van der Waals surface area contributed by atoms with Gasteiger partial charge in [-0.15, -0.1) is 0 Å². The molecule has 0 aliphatic carbocycles. The molecule has 0 atom stereocenters. The molecule has 96 valence electrons. The monoisotopic (exact) mass is 252 g/mol. The van der Waals surface area contributed by atoms with Crippen molar-refractivity contribution in [2.45, 2.75) is 19.2 Å². The number of alkyl halides is 3. The number of furan rings is 1. The van der Waals surface area contributed by atoms with E-state index >= 15 is 0 Å². The average molecular weight is 252 g/mol. The number of nitrogens with one attached hydrogen (secondary N) is 1. The Kier molecular flexibility index (Phi) is 4.53. The Bertz CT molecular complexity index is 376. The predicted molar refractivity (Wildman–Crippen MR) is 50.7 cm³/mol. The predicted octanol–water partition coefficient (Wildman–Crippen LogP) is 1.35. The highest BCUT2D eigenvalue weighted by atomic mass is 19.4. The SMILES string of the molecule is NNC(=O)c1coc(COCCC(F)(F)F)c1. The van der Waals surface area contributed by atoms with Crippen molar-refractivity contribution in [3.63, 3.8) is 0 Å². The lowest BCUT2D eigenvalue weighted by Crippen LogP contribution is -2.29. The van der Waals surface area contributed by atoms with Crippen molar-refractivity contribution >= 4 is 5.91 Å². The zero-order valence-electron chi connectivity index (χ0n) is 8.71. The quantitative estimate of drug-likeness (QED) is 0.359. The van der Waals surface area contributed by atoms with E-state index in [1.54, 1.807) is 0 Å². The van der Waals surface area contributed by atoms with Crippen LogP contribution in [0, 0.1) is 0 Å². The minimum absolute atomic E-state index is 0.131. The molecule has 0 aliphatic heterocycles. The number of carbonyl (C=O) groups excluding carboxylic acids is 1. The summed E-state index contributed by atoms with van der Waals surface area (Å²) in [6.45, 7) is -0.587. The molecule has 0 fully saturated rings. The molecule has 8 heteroatoms. The lowest BCUT2D eigenvalue weighted by atomic mass is 10.3. The highest BCUT2D eigenvalue weighted by Gasteiger charge is 2.26. The smallest absolute Gasteiger partial charge is 0.391 e. The van der Waals surface area contributed by atoms with E-state index in [9.17, 15) is 18.0 Å². The molecular weight excluding hydrogens is 241 g/mol. The van der Waals surface area contributed by atoms with E-state index in [2.05, 4.69) is 0 Å². The third-order valence-electron chi connectivity index (χ3n) is 1.82. The van der Waals surface area contributed by atoms with Crippen LogP contribution in [0.4, 0.5) is 13.2 Å². The van der Waals surface area contributed by atoms with E-state index in [0.717, 1.165) is 6.26 Å². The molecule has 1 rings (SSSR count). The van der Waals surface area contributed by atoms with Crippen LogP contribution in [0.3, 0.4) is 0 Å². The molecule has 0 unspecified atom stereocenters. The van der Waals surface area contributed by atoms with Gasteiger partial charge in [-0.3, -0.25) is 10.2 Å². The Labute approximate surface area is 94.7 Å². The van der Waals surface area contributed by atoms with Gasteiger partial charge in [0.15, 0.2) is 0 Å². The van der Waals surface area contributed by atoms with Gasteiger partial charge in [0.2, 0.25) is 0 Å². The zero-order chi connectivity index (χ0) is 12.9. The van der Waals surface area contributed by atoms with Gasteiger partial charge < -0.3 is 9.15 Å². The minimum Gasteiger partial charge on any atom is -0.466 e. The molecule has 17 heavy (non-hydrogen) atoms. The molecule has 0 saturated carbocycles. The topological polar surface area (TPSA) is 77.5 Å². The van der Waals surface area contributed by atoms with Crippen molar-refractivity contribution in [1.29, 1.82) is 0 Å². The van der Waals surface area contributed by atoms with Crippen LogP contribution < -0.4 is 11.3 Å². The molecule has 0 spiro atoms. The summed E-state index contributed by atoms with van der Waals surface area (Å²) in [6, 6.07) is 1.34. The first-order chi connectivity index (χ1) is 7.92. The van der Waals surface area contributed by atoms with Gasteiger partial charge in [0.25, 0.3) is 5.91 Å². The third-order valence-corrected chi connectivity index (χ3v) is 1.82. The highest BCUT2D eigenvalue weighted by molar-refractivity contribution is 5.93. The van der Waals surface area contributed by atoms with Gasteiger partial charge in [-0.1, -0.05) is 0 Å². The lowest BCUT2D eigenvalue weighted by molar-refractivity contribution is -0.146. The second kappa shape index (κ2) is 5.69. The van der Waals surface area contributed by atoms with Crippen LogP contribution in [0.2, 0.25) is 0 Å². The summed E-state index contributed by atoms with van der Waals surface area (Å²) >= 11 is 0. The van der Waals surface area contributed by atoms with E-state index in [-0.39, 0.29) is 17.9 Å². The summed E-state index contributed by atoms with van der Waals surface area (Å²) in [7, 11) is 0. The maximum Gasteiger partial charge on any atom is 0.391 e. The number of ether oxygens (including phenoxy) is 1. The molecular formula is C9H11F3N2O3. The van der Waals surface area contributed by atoms with Gasteiger partial charge >= 0.3 is 6.18 Å². The molecule has 0 radical (unpaired) electrons. The minimum atomic E-state index is -4.24. The number of halogens is 3. The van der Waals surface area contributed by atoms with Crippen LogP contribution in [0.15, 0.2) is 16.7 Å². The summed E-state index contributed by atoms with van der Waals surface area (Å²) in [5, 5.41) is 0. The summed E-state index contributed by atoms with van der Waals surface area (Å²) in [4.78, 5) is 11.0. The Balaban J connectivity index is 2.33. The van der Waals surface area contributed by atoms with Crippen molar-refractivity contribution in [2.75, 3.05) is 6.61 Å². The van der Waals surface area contributed by atoms with E-state index < -0.39 is 25.1 Å². The van der Waals surface area contributed by atoms with Gasteiger partial charge in [0.05, 0.1) is 18.6 Å². The standard InChI is InChI=1S/C9H11F3N2O3/c10-9(11,12)1-2-16-5-7-3-6(4-17-7)8(15)14-13/h3-4H,1-2,5,13H2,(H,14,15). The lowest BCUT2D eigenvalue weighted by Gasteiger charge is -2.05. The second-order valence-corrected chi connectivity index (χ2v) is 3.19. The number of hydrogen-bond donors (Lipinski definition) is 2. The van der Waals surface area contributed by atoms with Crippen LogP contribution in [-0.4, -0.2) is 18.7 Å². The number of nitrogen functional groups attached to an aromatic ring is 1. The van der Waals surface area contributed by atoms with Crippen molar-refractivity contribution in [1.82, 2.24) is 5.43 Å². The fraction of sp³-hybridized carbons (Fsp3) is 0.444. The molecule has 1 aromatic rings. The molecule has 0 aromatic carbocycles. The summed E-state index contributed by atoms with van der Waals surface area (Å²) in [5.74, 6) is 4.59. The van der Waals surface area contributed by atoms with Gasteiger partial charge in [-0.25, -0.2) is 5.84 Å². The molecule has 0 saturated heterocycles. The fourth-order valence-corrected chi connectivity index (χ4v) is 1.02. The highest BCUT2D eigenvalue weighted by Crippen LogP contribution is 2.19. The Morgan fingerprint density at radius 2 is 2.24 bits per heavy atom. The third kappa shape index (κ3) is 4.87. The first-order valence-electron chi connectivity index (χ1n) is 4.65. The zero-order valence-corrected chi connectivity index (χ0v) is 8.71. The first-order valence-corrected chi connectivity index (χ1v) is 4.65. The van der Waals surface area contributed by atoms with Crippen LogP contribution >= 0.6 is 0 Å². The average Bonchev–Trinajstić information content (AvgIpc) is 2.70. The number of hydrogen-bond acceptors (Lipinski definition) is 4. The van der Waals surface area contributed by atoms with Crippen molar-refractivity contribution in [3.05, 3.63) is 23.7 Å². The van der Waals surface area contributed by atoms with Crippen molar-refractivity contribution < 1.29 is 27.1 Å². The Morgan fingerprint density at radius 3 is 2.82 bits per heavy atom. The Hall–Kier alpha value is -1.54. The molecule has 1 aromatic heterocycles. The maximum atomic E-state index is 11.8. The van der Waals surface area contributed by atoms with Crippen LogP contribution in [-0.2, 0) is 11.3 Å². The van der Waals surface area contributed by atoms with Crippen molar-refractivity contribution in [2.24, 2.45) is 5.84 Å². The van der Waals surface area contributed by atoms with E-state index in [1.165, 1.54) is 6.07 Å². The molecule has 1 amide bonds. The second-order valence-electron chi connectivity index (χ2n) is 3.19. The fourth-order valence-electron chi connectivity index (χ4n) is 1.02. The van der Waals surface area contributed by atoms with Crippen molar-refractivity contribution in [3.8, 4) is 0 Å². The van der Waals surface area contributed by atoms with Crippen LogP contribution in [0.5, 0.6) is 0 Å². The molecule has 1 heterocycles. The number of amides is 1. The van der Waals surface area contributed by atoms with Crippen LogP contribution in [0.25, 0.3) is 0 Å². The van der Waals surface area contributed by atoms with Crippen LogP contribution in [0.1, 0.15) is 22.5 Å². The van der Waals surface area contributed by atoms with E-state index in [0.29, 0.717) is 0 Å². The molecule has 0 aliphatic rings. The molecule has 3 N–H and O–H groups in total. The van der Waals surface area contributed by atoms with Gasteiger partial charge in [0, 0.05) is 0 Å². The maximum absolute atomic E-state index is 11.8. The Morgan fingerprint density at radius 1 is 1.53 bits per heavy atom. The number of rotatable bonds is 5. The first kappa shape index (κ1) is 13.5. The van der Waals surface area contributed by atoms with Gasteiger partial charge in [-0.05, 0) is 6.07 Å². The largest absolute Gasteiger partial charge is 0.466 e.